The van der Waals surface area contributed by atoms with Gasteiger partial charge in [0.15, 0.2) is 5.69 Å². The Balaban J connectivity index is 1.93. The molecule has 0 aromatic carbocycles. The molecule has 1 atom stereocenters. The summed E-state index contributed by atoms with van der Waals surface area (Å²) in [6.07, 6.45) is 9.34. The van der Waals surface area contributed by atoms with Gasteiger partial charge in [-0.25, -0.2) is 14.8 Å². The lowest BCUT2D eigenvalue weighted by Crippen LogP contribution is -2.41. The zero-order valence-electron chi connectivity index (χ0n) is 12.7. The lowest BCUT2D eigenvalue weighted by molar-refractivity contribution is 0.0690. The highest BCUT2D eigenvalue weighted by atomic mass is 16.4. The molecular formula is C15H24N4O2. The van der Waals surface area contributed by atoms with Crippen LogP contribution in [0.4, 0.5) is 5.82 Å². The molecule has 6 heteroatoms. The number of rotatable bonds is 6. The van der Waals surface area contributed by atoms with Gasteiger partial charge in [0.1, 0.15) is 5.82 Å². The average molecular weight is 292 g/mol. The molecule has 1 saturated carbocycles. The fraction of sp³-hybridized carbons (Fsp3) is 0.667. The maximum Gasteiger partial charge on any atom is 0.356 e. The second-order valence-corrected chi connectivity index (χ2v) is 5.90. The molecule has 0 aliphatic heterocycles. The molecule has 1 aromatic heterocycles. The van der Waals surface area contributed by atoms with Crippen LogP contribution in [0.5, 0.6) is 0 Å². The molecule has 116 valence electrons. The van der Waals surface area contributed by atoms with Crippen LogP contribution in [0.3, 0.4) is 0 Å². The normalized spacial score (nSPS) is 17.7. The van der Waals surface area contributed by atoms with Crippen LogP contribution >= 0.6 is 0 Å². The molecular weight excluding hydrogens is 268 g/mol. The number of hydrogen-bond donors (Lipinski definition) is 2. The Kier molecular flexibility index (Phi) is 5.50. The van der Waals surface area contributed by atoms with Crippen molar-refractivity contribution >= 4 is 11.8 Å². The van der Waals surface area contributed by atoms with E-state index in [0.29, 0.717) is 17.8 Å². The maximum atomic E-state index is 10.7. The van der Waals surface area contributed by atoms with Gasteiger partial charge in [0.05, 0.1) is 12.4 Å². The Morgan fingerprint density at radius 1 is 1.33 bits per heavy atom. The molecule has 1 aromatic rings. The smallest absolute Gasteiger partial charge is 0.356 e. The molecule has 0 saturated heterocycles. The number of hydrogen-bond acceptors (Lipinski definition) is 5. The van der Waals surface area contributed by atoms with Crippen LogP contribution in [-0.2, 0) is 0 Å². The second-order valence-electron chi connectivity index (χ2n) is 5.90. The first-order valence-corrected chi connectivity index (χ1v) is 7.53. The molecule has 1 unspecified atom stereocenters. The molecule has 1 fully saturated rings. The van der Waals surface area contributed by atoms with Gasteiger partial charge < -0.3 is 15.3 Å². The van der Waals surface area contributed by atoms with E-state index in [1.165, 1.54) is 44.5 Å². The summed E-state index contributed by atoms with van der Waals surface area (Å²) in [4.78, 5) is 21.0. The highest BCUT2D eigenvalue weighted by Gasteiger charge is 2.25. The fourth-order valence-electron chi connectivity index (χ4n) is 3.03. The van der Waals surface area contributed by atoms with E-state index in [0.717, 1.165) is 6.54 Å². The van der Waals surface area contributed by atoms with E-state index in [2.05, 4.69) is 34.3 Å². The molecule has 0 spiro atoms. The number of aromatic carboxylic acids is 1. The van der Waals surface area contributed by atoms with Crippen molar-refractivity contribution in [2.24, 2.45) is 5.92 Å². The summed E-state index contributed by atoms with van der Waals surface area (Å²) in [6.45, 7) is 0.804. The van der Waals surface area contributed by atoms with Gasteiger partial charge in [-0.15, -0.1) is 0 Å². The van der Waals surface area contributed by atoms with Gasteiger partial charge in [-0.3, -0.25) is 0 Å². The Labute approximate surface area is 125 Å². The molecule has 21 heavy (non-hydrogen) atoms. The first-order chi connectivity index (χ1) is 10.1. The fourth-order valence-corrected chi connectivity index (χ4v) is 3.03. The lowest BCUT2D eigenvalue weighted by Gasteiger charge is -2.35. The minimum atomic E-state index is -1.05. The SMILES string of the molecule is CN(C)C(CNc1cnc(C(=O)O)cn1)C1CCCCC1. The van der Waals surface area contributed by atoms with Gasteiger partial charge in [-0.2, -0.15) is 0 Å². The Hall–Kier alpha value is -1.69. The van der Waals surface area contributed by atoms with Crippen molar-refractivity contribution in [1.82, 2.24) is 14.9 Å². The molecule has 6 nitrogen and oxygen atoms in total. The number of carbonyl (C=O) groups is 1. The largest absolute Gasteiger partial charge is 0.476 e. The third kappa shape index (κ3) is 4.39. The van der Waals surface area contributed by atoms with Crippen molar-refractivity contribution in [2.45, 2.75) is 38.1 Å². The van der Waals surface area contributed by atoms with Crippen LogP contribution in [0, 0.1) is 5.92 Å². The molecule has 0 bridgehead atoms. The lowest BCUT2D eigenvalue weighted by atomic mass is 9.83. The van der Waals surface area contributed by atoms with Gasteiger partial charge in [-0.1, -0.05) is 19.3 Å². The number of anilines is 1. The van der Waals surface area contributed by atoms with Crippen molar-refractivity contribution in [3.05, 3.63) is 18.1 Å². The van der Waals surface area contributed by atoms with Crippen LogP contribution < -0.4 is 5.32 Å². The minimum absolute atomic E-state index is 0.0306. The van der Waals surface area contributed by atoms with Crippen LogP contribution in [0.25, 0.3) is 0 Å². The predicted octanol–water partition coefficient (Wildman–Crippen LogP) is 2.10. The standard InChI is InChI=1S/C15H24N4O2/c1-19(2)13(11-6-4-3-5-7-11)9-18-14-10-16-12(8-17-14)15(20)21/h8,10-11,13H,3-7,9H2,1-2H3,(H,17,18)(H,20,21). The number of carboxylic acids is 1. The van der Waals surface area contributed by atoms with Gasteiger partial charge in [0, 0.05) is 12.6 Å². The van der Waals surface area contributed by atoms with Crippen molar-refractivity contribution < 1.29 is 9.90 Å². The quantitative estimate of drug-likeness (QED) is 0.836. The van der Waals surface area contributed by atoms with Gasteiger partial charge in [0.2, 0.25) is 0 Å². The van der Waals surface area contributed by atoms with Crippen molar-refractivity contribution in [1.29, 1.82) is 0 Å². The van der Waals surface area contributed by atoms with E-state index in [-0.39, 0.29) is 5.69 Å². The van der Waals surface area contributed by atoms with E-state index in [1.54, 1.807) is 0 Å². The van der Waals surface area contributed by atoms with Crippen LogP contribution in [0.1, 0.15) is 42.6 Å². The third-order valence-corrected chi connectivity index (χ3v) is 4.22. The van der Waals surface area contributed by atoms with Crippen molar-refractivity contribution in [2.75, 3.05) is 26.0 Å². The first-order valence-electron chi connectivity index (χ1n) is 7.53. The van der Waals surface area contributed by atoms with Crippen molar-refractivity contribution in [3.63, 3.8) is 0 Å². The number of carboxylic acid groups (broad SMARTS) is 1. The topological polar surface area (TPSA) is 78.4 Å². The van der Waals surface area contributed by atoms with E-state index in [9.17, 15) is 4.79 Å². The predicted molar refractivity (Wildman–Crippen MR) is 81.5 cm³/mol. The zero-order chi connectivity index (χ0) is 15.2. The Morgan fingerprint density at radius 3 is 2.57 bits per heavy atom. The molecule has 2 rings (SSSR count). The van der Waals surface area contributed by atoms with E-state index < -0.39 is 5.97 Å². The first kappa shape index (κ1) is 15.7. The summed E-state index contributed by atoms with van der Waals surface area (Å²) in [6, 6.07) is 0.464. The molecule has 1 aliphatic rings. The zero-order valence-corrected chi connectivity index (χ0v) is 12.7. The molecule has 0 amide bonds. The van der Waals surface area contributed by atoms with Gasteiger partial charge in [-0.05, 0) is 32.9 Å². The summed E-state index contributed by atoms with van der Waals surface area (Å²) in [7, 11) is 4.22. The maximum absolute atomic E-state index is 10.7. The summed E-state index contributed by atoms with van der Waals surface area (Å²) < 4.78 is 0. The highest BCUT2D eigenvalue weighted by molar-refractivity contribution is 5.84. The van der Waals surface area contributed by atoms with E-state index >= 15 is 0 Å². The second kappa shape index (κ2) is 7.36. The highest BCUT2D eigenvalue weighted by Crippen LogP contribution is 2.28. The van der Waals surface area contributed by atoms with Crippen molar-refractivity contribution in [3.8, 4) is 0 Å². The number of nitrogens with zero attached hydrogens (tertiary/aromatic N) is 3. The summed E-state index contributed by atoms with van der Waals surface area (Å²) in [5.41, 5.74) is -0.0306. The monoisotopic (exact) mass is 292 g/mol. The minimum Gasteiger partial charge on any atom is -0.476 e. The molecule has 1 heterocycles. The molecule has 2 N–H and O–H groups in total. The summed E-state index contributed by atoms with van der Waals surface area (Å²) >= 11 is 0. The van der Waals surface area contributed by atoms with Crippen LogP contribution in [0.15, 0.2) is 12.4 Å². The van der Waals surface area contributed by atoms with Gasteiger partial charge in [0.25, 0.3) is 0 Å². The Morgan fingerprint density at radius 2 is 2.05 bits per heavy atom. The summed E-state index contributed by atoms with van der Waals surface area (Å²) in [5.74, 6) is 0.289. The number of nitrogens with one attached hydrogen (secondary N) is 1. The average Bonchev–Trinajstić information content (AvgIpc) is 2.48. The molecule has 0 radical (unpaired) electrons. The third-order valence-electron chi connectivity index (χ3n) is 4.22. The van der Waals surface area contributed by atoms with E-state index in [1.807, 2.05) is 0 Å². The number of aromatic nitrogens is 2. The Bertz CT molecular complexity index is 455. The number of likely N-dealkylation sites (N-methyl/N-ethyl adjacent to an activating group) is 1. The molecule has 1 aliphatic carbocycles. The van der Waals surface area contributed by atoms with Crippen LogP contribution in [0.2, 0.25) is 0 Å². The summed E-state index contributed by atoms with van der Waals surface area (Å²) in [5, 5.41) is 12.1. The van der Waals surface area contributed by atoms with E-state index in [4.69, 9.17) is 5.11 Å². The van der Waals surface area contributed by atoms with Gasteiger partial charge >= 0.3 is 5.97 Å². The van der Waals surface area contributed by atoms with Crippen LogP contribution in [-0.4, -0.2) is 52.6 Å².